The SMILES string of the molecule is O=C(NCc1cc(N2CCCC2)cc(Cl)c1Sc1ncccc1CO)OCC1c2ccccc2-c2ccccc21. The van der Waals surface area contributed by atoms with E-state index in [4.69, 9.17) is 16.3 Å². The van der Waals surface area contributed by atoms with E-state index < -0.39 is 6.09 Å². The average Bonchev–Trinajstić information content (AvgIpc) is 3.64. The Hall–Kier alpha value is -3.52. The molecule has 0 unspecified atom stereocenters. The van der Waals surface area contributed by atoms with Gasteiger partial charge in [-0.05, 0) is 58.9 Å². The Kier molecular flexibility index (Phi) is 7.96. The van der Waals surface area contributed by atoms with Crippen molar-refractivity contribution in [1.29, 1.82) is 0 Å². The second-order valence-electron chi connectivity index (χ2n) is 10.0. The minimum absolute atomic E-state index is 0.00161. The van der Waals surface area contributed by atoms with E-state index in [2.05, 4.69) is 45.5 Å². The van der Waals surface area contributed by atoms with Crippen molar-refractivity contribution in [1.82, 2.24) is 10.3 Å². The van der Waals surface area contributed by atoms with Crippen LogP contribution in [0.4, 0.5) is 10.5 Å². The smallest absolute Gasteiger partial charge is 0.407 e. The number of amides is 1. The molecule has 3 aromatic carbocycles. The van der Waals surface area contributed by atoms with Gasteiger partial charge in [0, 0.05) is 47.9 Å². The van der Waals surface area contributed by atoms with Crippen molar-refractivity contribution in [2.45, 2.75) is 41.8 Å². The van der Waals surface area contributed by atoms with Crippen LogP contribution >= 0.6 is 23.4 Å². The number of nitrogens with one attached hydrogen (secondary N) is 1. The summed E-state index contributed by atoms with van der Waals surface area (Å²) in [5, 5.41) is 14.0. The second-order valence-corrected chi connectivity index (χ2v) is 11.4. The van der Waals surface area contributed by atoms with Crippen molar-refractivity contribution in [2.75, 3.05) is 24.6 Å². The lowest BCUT2D eigenvalue weighted by Crippen LogP contribution is -2.26. The molecule has 0 bridgehead atoms. The lowest BCUT2D eigenvalue weighted by Gasteiger charge is -2.21. The number of pyridine rings is 1. The molecule has 0 atom stereocenters. The maximum Gasteiger partial charge on any atom is 0.407 e. The van der Waals surface area contributed by atoms with Gasteiger partial charge in [-0.25, -0.2) is 9.78 Å². The molecule has 4 aromatic rings. The molecule has 6 nitrogen and oxygen atoms in total. The summed E-state index contributed by atoms with van der Waals surface area (Å²) in [6.45, 7) is 2.35. The van der Waals surface area contributed by atoms with Crippen LogP contribution in [0, 0.1) is 0 Å². The van der Waals surface area contributed by atoms with E-state index in [1.807, 2.05) is 36.4 Å². The predicted octanol–water partition coefficient (Wildman–Crippen LogP) is 7.02. The summed E-state index contributed by atoms with van der Waals surface area (Å²) in [5.41, 5.74) is 7.38. The van der Waals surface area contributed by atoms with E-state index in [9.17, 15) is 9.90 Å². The zero-order chi connectivity index (χ0) is 27.5. The summed E-state index contributed by atoms with van der Waals surface area (Å²) < 4.78 is 5.77. The molecule has 0 spiro atoms. The Balaban J connectivity index is 1.20. The van der Waals surface area contributed by atoms with Gasteiger partial charge in [-0.3, -0.25) is 0 Å². The van der Waals surface area contributed by atoms with Gasteiger partial charge in [-0.2, -0.15) is 0 Å². The number of hydrogen-bond donors (Lipinski definition) is 2. The first kappa shape index (κ1) is 26.7. The molecule has 204 valence electrons. The zero-order valence-corrected chi connectivity index (χ0v) is 23.5. The number of hydrogen-bond acceptors (Lipinski definition) is 6. The fourth-order valence-corrected chi connectivity index (χ4v) is 6.93. The Labute approximate surface area is 243 Å². The average molecular weight is 572 g/mol. The number of nitrogens with zero attached hydrogens (tertiary/aromatic N) is 2. The van der Waals surface area contributed by atoms with Gasteiger partial charge in [0.15, 0.2) is 0 Å². The molecule has 40 heavy (non-hydrogen) atoms. The van der Waals surface area contributed by atoms with Crippen molar-refractivity contribution in [3.8, 4) is 11.1 Å². The van der Waals surface area contributed by atoms with Crippen molar-refractivity contribution in [2.24, 2.45) is 0 Å². The molecule has 0 radical (unpaired) electrons. The molecule has 2 N–H and O–H groups in total. The maximum atomic E-state index is 13.0. The molecule has 1 aliphatic heterocycles. The van der Waals surface area contributed by atoms with E-state index in [1.54, 1.807) is 12.3 Å². The van der Waals surface area contributed by atoms with E-state index in [-0.39, 0.29) is 25.7 Å². The lowest BCUT2D eigenvalue weighted by atomic mass is 9.98. The highest BCUT2D eigenvalue weighted by atomic mass is 35.5. The molecule has 2 aliphatic rings. The van der Waals surface area contributed by atoms with Crippen LogP contribution < -0.4 is 10.2 Å². The number of aliphatic hydroxyl groups is 1. The molecule has 1 aliphatic carbocycles. The molecule has 1 saturated heterocycles. The molecule has 8 heteroatoms. The van der Waals surface area contributed by atoms with E-state index in [0.717, 1.165) is 47.6 Å². The number of benzene rings is 3. The van der Waals surface area contributed by atoms with Crippen molar-refractivity contribution >= 4 is 35.1 Å². The summed E-state index contributed by atoms with van der Waals surface area (Å²) in [4.78, 5) is 20.5. The van der Waals surface area contributed by atoms with E-state index in [1.165, 1.54) is 34.0 Å². The summed E-state index contributed by atoms with van der Waals surface area (Å²) in [5.74, 6) is -0.00161. The van der Waals surface area contributed by atoms with Gasteiger partial charge < -0.3 is 20.1 Å². The highest BCUT2D eigenvalue weighted by molar-refractivity contribution is 7.99. The summed E-state index contributed by atoms with van der Waals surface area (Å²) in [6.07, 6.45) is 3.52. The van der Waals surface area contributed by atoms with Crippen LogP contribution in [0.2, 0.25) is 5.02 Å². The van der Waals surface area contributed by atoms with E-state index in [0.29, 0.717) is 10.0 Å². The monoisotopic (exact) mass is 571 g/mol. The van der Waals surface area contributed by atoms with Gasteiger partial charge in [-0.15, -0.1) is 0 Å². The van der Waals surface area contributed by atoms with Crippen LogP contribution in [-0.2, 0) is 17.9 Å². The van der Waals surface area contributed by atoms with Crippen molar-refractivity contribution < 1.29 is 14.6 Å². The van der Waals surface area contributed by atoms with Gasteiger partial charge in [0.25, 0.3) is 0 Å². The molecular formula is C32H30ClN3O3S. The third kappa shape index (κ3) is 5.42. The maximum absolute atomic E-state index is 13.0. The minimum atomic E-state index is -0.477. The number of aromatic nitrogens is 1. The van der Waals surface area contributed by atoms with E-state index >= 15 is 0 Å². The van der Waals surface area contributed by atoms with Crippen molar-refractivity contribution in [3.05, 3.63) is 106 Å². The van der Waals surface area contributed by atoms with Gasteiger partial charge in [0.1, 0.15) is 11.6 Å². The normalized spacial score (nSPS) is 14.2. The molecule has 1 fully saturated rings. The van der Waals surface area contributed by atoms with Crippen LogP contribution in [0.1, 0.15) is 41.0 Å². The number of anilines is 1. The van der Waals surface area contributed by atoms with Crippen LogP contribution in [-0.4, -0.2) is 35.9 Å². The Morgan fingerprint density at radius 3 is 2.40 bits per heavy atom. The van der Waals surface area contributed by atoms with Crippen LogP contribution in [0.25, 0.3) is 11.1 Å². The molecule has 1 amide bonds. The molecule has 2 heterocycles. The highest BCUT2D eigenvalue weighted by Crippen LogP contribution is 2.44. The van der Waals surface area contributed by atoms with Gasteiger partial charge in [0.05, 0.1) is 11.6 Å². The predicted molar refractivity (Wildman–Crippen MR) is 159 cm³/mol. The number of carbonyl (C=O) groups is 1. The molecule has 0 saturated carbocycles. The number of fused-ring (bicyclic) bond motifs is 3. The first-order valence-corrected chi connectivity index (χ1v) is 14.7. The standard InChI is InChI=1S/C32H30ClN3O3S/c33-29-17-23(36-14-5-6-15-36)16-22(30(29)40-31-21(19-37)8-7-13-34-31)18-35-32(38)39-20-28-26-11-3-1-9-24(26)25-10-2-4-12-27(25)28/h1-4,7-13,16-17,28,37H,5-6,14-15,18-20H2,(H,35,38). The first-order valence-electron chi connectivity index (χ1n) is 13.5. The Morgan fingerprint density at radius 1 is 1.00 bits per heavy atom. The fourth-order valence-electron chi connectivity index (χ4n) is 5.59. The molecule has 6 rings (SSSR count). The summed E-state index contributed by atoms with van der Waals surface area (Å²) in [6, 6.07) is 24.3. The van der Waals surface area contributed by atoms with Crippen LogP contribution in [0.3, 0.4) is 0 Å². The number of aliphatic hydroxyl groups excluding tert-OH is 1. The number of rotatable bonds is 8. The number of halogens is 1. The Bertz CT molecular complexity index is 1490. The summed E-state index contributed by atoms with van der Waals surface area (Å²) in [7, 11) is 0. The van der Waals surface area contributed by atoms with Gasteiger partial charge in [-0.1, -0.05) is 78.0 Å². The molecule has 1 aromatic heterocycles. The van der Waals surface area contributed by atoms with Crippen LogP contribution in [0.5, 0.6) is 0 Å². The number of ether oxygens (including phenoxy) is 1. The molecular weight excluding hydrogens is 542 g/mol. The highest BCUT2D eigenvalue weighted by Gasteiger charge is 2.29. The van der Waals surface area contributed by atoms with Crippen LogP contribution in [0.15, 0.2) is 88.9 Å². The minimum Gasteiger partial charge on any atom is -0.449 e. The largest absolute Gasteiger partial charge is 0.449 e. The number of alkyl carbamates (subject to hydrolysis) is 1. The lowest BCUT2D eigenvalue weighted by molar-refractivity contribution is 0.142. The topological polar surface area (TPSA) is 74.7 Å². The third-order valence-corrected chi connectivity index (χ3v) is 9.22. The first-order chi connectivity index (χ1) is 19.6. The zero-order valence-electron chi connectivity index (χ0n) is 22.0. The fraction of sp³-hybridized carbons (Fsp3) is 0.250. The second kappa shape index (κ2) is 11.9. The number of carbonyl (C=O) groups excluding carboxylic acids is 1. The van der Waals surface area contributed by atoms with Gasteiger partial charge >= 0.3 is 6.09 Å². The summed E-state index contributed by atoms with van der Waals surface area (Å²) >= 11 is 8.23. The van der Waals surface area contributed by atoms with Gasteiger partial charge in [0.2, 0.25) is 0 Å². The third-order valence-electron chi connectivity index (χ3n) is 7.56. The van der Waals surface area contributed by atoms with Crippen molar-refractivity contribution in [3.63, 3.8) is 0 Å². The Morgan fingerprint density at radius 2 is 1.70 bits per heavy atom. The quantitative estimate of drug-likeness (QED) is 0.237.